The number of aryl methyl sites for hydroxylation is 2. The molecule has 0 radical (unpaired) electrons. The van der Waals surface area contributed by atoms with Crippen molar-refractivity contribution in [2.24, 2.45) is 0 Å². The molecule has 1 aromatic heterocycles. The Hall–Kier alpha value is -1.71. The van der Waals surface area contributed by atoms with Gasteiger partial charge in [0.2, 0.25) is 0 Å². The molecule has 7 nitrogen and oxygen atoms in total. The minimum Gasteiger partial charge on any atom is -0.337 e. The fourth-order valence-corrected chi connectivity index (χ4v) is 4.39. The standard InChI is InChI=1S/C13H16N2O5S2/c1-12-3-5-13(6-4-12)22(18,19)20-21(16,17)10-2-8-15-9-7-14-11-15/h3-7,9,11H,2,8,10H2,1H3. The van der Waals surface area contributed by atoms with Crippen molar-refractivity contribution in [1.29, 1.82) is 0 Å². The first kappa shape index (κ1) is 16.7. The minimum atomic E-state index is -4.33. The second-order valence-electron chi connectivity index (χ2n) is 4.75. The van der Waals surface area contributed by atoms with Gasteiger partial charge in [-0.3, -0.25) is 0 Å². The van der Waals surface area contributed by atoms with E-state index in [1.807, 2.05) is 0 Å². The second kappa shape index (κ2) is 6.59. The summed E-state index contributed by atoms with van der Waals surface area (Å²) in [5.41, 5.74) is 0.863. The smallest absolute Gasteiger partial charge is 0.311 e. The van der Waals surface area contributed by atoms with Gasteiger partial charge in [0.1, 0.15) is 0 Å². The normalized spacial score (nSPS) is 12.4. The lowest BCUT2D eigenvalue weighted by atomic mass is 10.2. The topological polar surface area (TPSA) is 95.3 Å². The minimum absolute atomic E-state index is 0.184. The van der Waals surface area contributed by atoms with Crippen molar-refractivity contribution in [2.45, 2.75) is 24.8 Å². The molecule has 0 N–H and O–H groups in total. The van der Waals surface area contributed by atoms with E-state index in [-0.39, 0.29) is 11.3 Å². The fourth-order valence-electron chi connectivity index (χ4n) is 1.76. The number of benzene rings is 1. The molecule has 0 saturated carbocycles. The van der Waals surface area contributed by atoms with Gasteiger partial charge in [0.05, 0.1) is 17.0 Å². The van der Waals surface area contributed by atoms with Crippen LogP contribution in [-0.2, 0) is 30.4 Å². The third-order valence-corrected chi connectivity index (χ3v) is 6.06. The average molecular weight is 344 g/mol. The van der Waals surface area contributed by atoms with E-state index in [1.54, 1.807) is 42.3 Å². The molecule has 9 heteroatoms. The maximum atomic E-state index is 11.9. The molecule has 120 valence electrons. The van der Waals surface area contributed by atoms with Gasteiger partial charge < -0.3 is 4.57 Å². The highest BCUT2D eigenvalue weighted by Crippen LogP contribution is 2.16. The number of aromatic nitrogens is 2. The van der Waals surface area contributed by atoms with Gasteiger partial charge in [-0.05, 0) is 25.5 Å². The largest absolute Gasteiger partial charge is 0.337 e. The molecule has 0 fully saturated rings. The summed E-state index contributed by atoms with van der Waals surface area (Å²) >= 11 is 0. The number of hydrogen-bond acceptors (Lipinski definition) is 6. The lowest BCUT2D eigenvalue weighted by Gasteiger charge is -2.07. The highest BCUT2D eigenvalue weighted by molar-refractivity contribution is 7.99. The summed E-state index contributed by atoms with van der Waals surface area (Å²) in [6, 6.07) is 5.77. The maximum absolute atomic E-state index is 11.9. The molecule has 0 amide bonds. The molecule has 0 saturated heterocycles. The van der Waals surface area contributed by atoms with Gasteiger partial charge in [-0.25, -0.2) is 4.98 Å². The monoisotopic (exact) mass is 344 g/mol. The lowest BCUT2D eigenvalue weighted by Crippen LogP contribution is -2.17. The predicted octanol–water partition coefficient (Wildman–Crippen LogP) is 1.32. The van der Waals surface area contributed by atoms with Crippen molar-refractivity contribution in [1.82, 2.24) is 9.55 Å². The summed E-state index contributed by atoms with van der Waals surface area (Å²) in [6.45, 7) is 2.21. The molecule has 0 bridgehead atoms. The number of hydrogen-bond donors (Lipinski definition) is 0. The predicted molar refractivity (Wildman–Crippen MR) is 80.1 cm³/mol. The number of rotatable bonds is 7. The zero-order valence-electron chi connectivity index (χ0n) is 11.9. The van der Waals surface area contributed by atoms with Gasteiger partial charge in [0, 0.05) is 18.9 Å². The quantitative estimate of drug-likeness (QED) is 0.752. The van der Waals surface area contributed by atoms with Crippen LogP contribution in [0.25, 0.3) is 0 Å². The molecule has 0 spiro atoms. The maximum Gasteiger partial charge on any atom is 0.311 e. The molecule has 0 atom stereocenters. The van der Waals surface area contributed by atoms with Gasteiger partial charge in [-0.15, -0.1) is 3.63 Å². The number of imidazole rings is 1. The van der Waals surface area contributed by atoms with Crippen molar-refractivity contribution in [3.05, 3.63) is 48.5 Å². The average Bonchev–Trinajstić information content (AvgIpc) is 2.91. The summed E-state index contributed by atoms with van der Waals surface area (Å²) in [4.78, 5) is 3.65. The molecule has 2 rings (SSSR count). The van der Waals surface area contributed by atoms with Crippen molar-refractivity contribution in [2.75, 3.05) is 5.75 Å². The SMILES string of the molecule is Cc1ccc(S(=O)(=O)OS(=O)(=O)CCCn2ccnc2)cc1. The number of nitrogens with zero attached hydrogens (tertiary/aromatic N) is 2. The van der Waals surface area contributed by atoms with Crippen LogP contribution in [0.15, 0.2) is 47.9 Å². The Bertz CT molecular complexity index is 810. The van der Waals surface area contributed by atoms with Crippen LogP contribution < -0.4 is 0 Å². The molecule has 1 heterocycles. The van der Waals surface area contributed by atoms with Crippen molar-refractivity contribution >= 4 is 20.2 Å². The fraction of sp³-hybridized carbons (Fsp3) is 0.308. The lowest BCUT2D eigenvalue weighted by molar-refractivity contribution is 0.459. The van der Waals surface area contributed by atoms with Gasteiger partial charge in [0.25, 0.3) is 10.1 Å². The Morgan fingerprint density at radius 3 is 2.41 bits per heavy atom. The van der Waals surface area contributed by atoms with Crippen LogP contribution in [0, 0.1) is 6.92 Å². The molecule has 0 aliphatic rings. The molecular formula is C13H16N2O5S2. The summed E-state index contributed by atoms with van der Waals surface area (Å²) in [5.74, 6) is -0.393. The Labute approximate surface area is 129 Å². The molecule has 2 aromatic rings. The summed E-state index contributed by atoms with van der Waals surface area (Å²) < 4.78 is 53.5. The van der Waals surface area contributed by atoms with Crippen LogP contribution >= 0.6 is 0 Å². The van der Waals surface area contributed by atoms with E-state index in [2.05, 4.69) is 8.61 Å². The van der Waals surface area contributed by atoms with E-state index in [1.165, 1.54) is 12.1 Å². The van der Waals surface area contributed by atoms with Crippen LogP contribution in [0.5, 0.6) is 0 Å². The van der Waals surface area contributed by atoms with Crippen molar-refractivity contribution in [3.8, 4) is 0 Å². The molecule has 0 aliphatic heterocycles. The van der Waals surface area contributed by atoms with Crippen LogP contribution in [0.4, 0.5) is 0 Å². The van der Waals surface area contributed by atoms with E-state index in [0.717, 1.165) is 5.56 Å². The first-order chi connectivity index (χ1) is 10.3. The zero-order valence-corrected chi connectivity index (χ0v) is 13.5. The first-order valence-electron chi connectivity index (χ1n) is 6.50. The molecule has 0 aliphatic carbocycles. The van der Waals surface area contributed by atoms with Crippen molar-refractivity contribution in [3.63, 3.8) is 0 Å². The van der Waals surface area contributed by atoms with Crippen LogP contribution in [-0.4, -0.2) is 32.1 Å². The Morgan fingerprint density at radius 2 is 1.82 bits per heavy atom. The summed E-state index contributed by atoms with van der Waals surface area (Å²) in [6.07, 6.45) is 5.04. The van der Waals surface area contributed by atoms with Crippen molar-refractivity contribution < 1.29 is 20.5 Å². The van der Waals surface area contributed by atoms with E-state index < -0.39 is 26.0 Å². The Kier molecular flexibility index (Phi) is 4.99. The van der Waals surface area contributed by atoms with Crippen LogP contribution in [0.1, 0.15) is 12.0 Å². The van der Waals surface area contributed by atoms with E-state index in [9.17, 15) is 16.8 Å². The van der Waals surface area contributed by atoms with Gasteiger partial charge in [-0.2, -0.15) is 16.8 Å². The summed E-state index contributed by atoms with van der Waals surface area (Å²) in [5, 5.41) is 0. The van der Waals surface area contributed by atoms with Gasteiger partial charge in [-0.1, -0.05) is 17.7 Å². The Morgan fingerprint density at radius 1 is 1.14 bits per heavy atom. The third kappa shape index (κ3) is 4.65. The van der Waals surface area contributed by atoms with E-state index >= 15 is 0 Å². The zero-order chi connectivity index (χ0) is 16.2. The molecule has 22 heavy (non-hydrogen) atoms. The molecule has 0 unspecified atom stereocenters. The second-order valence-corrected chi connectivity index (χ2v) is 8.20. The summed E-state index contributed by atoms with van der Waals surface area (Å²) in [7, 11) is -8.50. The Balaban J connectivity index is 1.99. The third-order valence-electron chi connectivity index (χ3n) is 2.87. The highest BCUT2D eigenvalue weighted by atomic mass is 32.3. The molecule has 1 aromatic carbocycles. The van der Waals surface area contributed by atoms with Gasteiger partial charge in [0.15, 0.2) is 0 Å². The van der Waals surface area contributed by atoms with Crippen LogP contribution in [0.2, 0.25) is 0 Å². The van der Waals surface area contributed by atoms with E-state index in [0.29, 0.717) is 6.54 Å². The molecular weight excluding hydrogens is 328 g/mol. The first-order valence-corrected chi connectivity index (χ1v) is 9.48. The van der Waals surface area contributed by atoms with Crippen LogP contribution in [0.3, 0.4) is 0 Å². The van der Waals surface area contributed by atoms with Gasteiger partial charge >= 0.3 is 10.1 Å². The van der Waals surface area contributed by atoms with E-state index in [4.69, 9.17) is 0 Å². The highest BCUT2D eigenvalue weighted by Gasteiger charge is 2.24.